The number of amides is 1. The van der Waals surface area contributed by atoms with Gasteiger partial charge in [0, 0.05) is 26.7 Å². The summed E-state index contributed by atoms with van der Waals surface area (Å²) in [5.74, 6) is 0.287. The van der Waals surface area contributed by atoms with Crippen LogP contribution in [0.5, 0.6) is 0 Å². The van der Waals surface area contributed by atoms with Crippen LogP contribution in [0.15, 0.2) is 0 Å². The number of likely N-dealkylation sites (tertiary alicyclic amines) is 1. The van der Waals surface area contributed by atoms with Crippen LogP contribution in [0.4, 0.5) is 0 Å². The molecule has 2 heterocycles. The molecule has 0 aromatic rings. The molecule has 0 spiro atoms. The summed E-state index contributed by atoms with van der Waals surface area (Å²) >= 11 is 0. The van der Waals surface area contributed by atoms with Gasteiger partial charge in [-0.25, -0.2) is 0 Å². The third-order valence-electron chi connectivity index (χ3n) is 4.08. The summed E-state index contributed by atoms with van der Waals surface area (Å²) in [5.41, 5.74) is -0.0366. The molecule has 98 valence electrons. The number of ether oxygens (including phenoxy) is 1. The predicted molar refractivity (Wildman–Crippen MR) is 66.8 cm³/mol. The summed E-state index contributed by atoms with van der Waals surface area (Å²) in [7, 11) is 1.68. The maximum atomic E-state index is 12.7. The van der Waals surface area contributed by atoms with Gasteiger partial charge in [0.1, 0.15) is 0 Å². The normalized spacial score (nSPS) is 32.1. The SMILES string of the molecule is COCC1(C(=O)N2CCC(C)(C)C2)CCNC1. The smallest absolute Gasteiger partial charge is 0.232 e. The zero-order valence-electron chi connectivity index (χ0n) is 11.2. The van der Waals surface area contributed by atoms with Gasteiger partial charge in [0.2, 0.25) is 5.91 Å². The molecule has 2 rings (SSSR count). The molecule has 2 aliphatic heterocycles. The molecule has 0 aromatic heterocycles. The fraction of sp³-hybridized carbons (Fsp3) is 0.923. The Bertz CT molecular complexity index is 296. The second-order valence-corrected chi connectivity index (χ2v) is 6.28. The van der Waals surface area contributed by atoms with Crippen LogP contribution in [0.25, 0.3) is 0 Å². The molecular formula is C13H24N2O2. The van der Waals surface area contributed by atoms with Gasteiger partial charge < -0.3 is 15.0 Å². The topological polar surface area (TPSA) is 41.6 Å². The maximum absolute atomic E-state index is 12.7. The van der Waals surface area contributed by atoms with Crippen molar-refractivity contribution in [2.75, 3.05) is 39.9 Å². The van der Waals surface area contributed by atoms with Crippen LogP contribution in [0.1, 0.15) is 26.7 Å². The third-order valence-corrected chi connectivity index (χ3v) is 4.08. The number of nitrogens with zero attached hydrogens (tertiary/aromatic N) is 1. The lowest BCUT2D eigenvalue weighted by Gasteiger charge is -2.31. The number of hydrogen-bond acceptors (Lipinski definition) is 3. The Morgan fingerprint density at radius 2 is 2.18 bits per heavy atom. The maximum Gasteiger partial charge on any atom is 0.232 e. The Morgan fingerprint density at radius 3 is 2.65 bits per heavy atom. The van der Waals surface area contributed by atoms with E-state index in [1.165, 1.54) is 0 Å². The van der Waals surface area contributed by atoms with E-state index in [-0.39, 0.29) is 16.7 Å². The van der Waals surface area contributed by atoms with Crippen molar-refractivity contribution in [1.82, 2.24) is 10.2 Å². The van der Waals surface area contributed by atoms with Gasteiger partial charge in [-0.2, -0.15) is 0 Å². The number of carbonyl (C=O) groups excluding carboxylic acids is 1. The van der Waals surface area contributed by atoms with E-state index in [1.807, 2.05) is 4.90 Å². The van der Waals surface area contributed by atoms with Crippen molar-refractivity contribution in [3.63, 3.8) is 0 Å². The van der Waals surface area contributed by atoms with Crippen molar-refractivity contribution in [2.45, 2.75) is 26.7 Å². The lowest BCUT2D eigenvalue weighted by Crippen LogP contribution is -2.47. The van der Waals surface area contributed by atoms with E-state index >= 15 is 0 Å². The quantitative estimate of drug-likeness (QED) is 0.796. The van der Waals surface area contributed by atoms with Crippen LogP contribution in [0, 0.1) is 10.8 Å². The fourth-order valence-corrected chi connectivity index (χ4v) is 3.01. The average molecular weight is 240 g/mol. The van der Waals surface area contributed by atoms with Gasteiger partial charge in [0.25, 0.3) is 0 Å². The Balaban J connectivity index is 2.07. The van der Waals surface area contributed by atoms with Crippen LogP contribution in [-0.4, -0.2) is 50.7 Å². The van der Waals surface area contributed by atoms with E-state index in [4.69, 9.17) is 4.74 Å². The first-order chi connectivity index (χ1) is 7.99. The largest absolute Gasteiger partial charge is 0.384 e. The van der Waals surface area contributed by atoms with E-state index in [2.05, 4.69) is 19.2 Å². The van der Waals surface area contributed by atoms with Gasteiger partial charge >= 0.3 is 0 Å². The van der Waals surface area contributed by atoms with Gasteiger partial charge in [-0.3, -0.25) is 4.79 Å². The second kappa shape index (κ2) is 4.58. The zero-order valence-corrected chi connectivity index (χ0v) is 11.2. The second-order valence-electron chi connectivity index (χ2n) is 6.28. The predicted octanol–water partition coefficient (Wildman–Crippen LogP) is 0.871. The van der Waals surface area contributed by atoms with E-state index in [9.17, 15) is 4.79 Å². The lowest BCUT2D eigenvalue weighted by atomic mass is 9.86. The molecule has 1 unspecified atom stereocenters. The molecule has 4 heteroatoms. The minimum Gasteiger partial charge on any atom is -0.384 e. The average Bonchev–Trinajstić information content (AvgIpc) is 2.85. The first-order valence-corrected chi connectivity index (χ1v) is 6.48. The van der Waals surface area contributed by atoms with Crippen LogP contribution in [0.3, 0.4) is 0 Å². The highest BCUT2D eigenvalue weighted by atomic mass is 16.5. The Morgan fingerprint density at radius 1 is 1.41 bits per heavy atom. The van der Waals surface area contributed by atoms with Crippen LogP contribution in [0.2, 0.25) is 0 Å². The molecule has 4 nitrogen and oxygen atoms in total. The first kappa shape index (κ1) is 12.8. The molecule has 2 aliphatic rings. The van der Waals surface area contributed by atoms with E-state index in [1.54, 1.807) is 7.11 Å². The van der Waals surface area contributed by atoms with Gasteiger partial charge in [-0.1, -0.05) is 13.8 Å². The van der Waals surface area contributed by atoms with Crippen LogP contribution >= 0.6 is 0 Å². The molecule has 0 bridgehead atoms. The van der Waals surface area contributed by atoms with Gasteiger partial charge in [-0.15, -0.1) is 0 Å². The third kappa shape index (κ3) is 2.47. The van der Waals surface area contributed by atoms with Gasteiger partial charge in [0.05, 0.1) is 12.0 Å². The van der Waals surface area contributed by atoms with Crippen molar-refractivity contribution >= 4 is 5.91 Å². The molecule has 2 fully saturated rings. The van der Waals surface area contributed by atoms with Crippen LogP contribution < -0.4 is 5.32 Å². The van der Waals surface area contributed by atoms with Crippen LogP contribution in [-0.2, 0) is 9.53 Å². The molecular weight excluding hydrogens is 216 g/mol. The minimum absolute atomic E-state index is 0.274. The molecule has 1 atom stereocenters. The number of carbonyl (C=O) groups is 1. The number of rotatable bonds is 3. The summed E-state index contributed by atoms with van der Waals surface area (Å²) in [6.07, 6.45) is 2.01. The molecule has 0 aromatic carbocycles. The first-order valence-electron chi connectivity index (χ1n) is 6.48. The molecule has 0 radical (unpaired) electrons. The monoisotopic (exact) mass is 240 g/mol. The molecule has 0 saturated carbocycles. The highest BCUT2D eigenvalue weighted by Crippen LogP contribution is 2.34. The van der Waals surface area contributed by atoms with Crippen molar-refractivity contribution in [3.8, 4) is 0 Å². The molecule has 1 amide bonds. The molecule has 2 saturated heterocycles. The summed E-state index contributed by atoms with van der Waals surface area (Å²) in [6.45, 7) is 8.47. The van der Waals surface area contributed by atoms with Gasteiger partial charge in [-0.05, 0) is 24.8 Å². The fourth-order valence-electron chi connectivity index (χ4n) is 3.01. The van der Waals surface area contributed by atoms with Crippen molar-refractivity contribution in [1.29, 1.82) is 0 Å². The Hall–Kier alpha value is -0.610. The number of nitrogens with one attached hydrogen (secondary N) is 1. The summed E-state index contributed by atoms with van der Waals surface area (Å²) in [5, 5.41) is 3.30. The molecule has 1 N–H and O–H groups in total. The summed E-state index contributed by atoms with van der Waals surface area (Å²) in [4.78, 5) is 14.7. The standard InChI is InChI=1S/C13H24N2O2/c1-12(2)5-7-15(9-12)11(16)13(10-17-3)4-6-14-8-13/h14H,4-10H2,1-3H3. The Kier molecular flexibility index (Phi) is 3.46. The summed E-state index contributed by atoms with van der Waals surface area (Å²) < 4.78 is 5.27. The van der Waals surface area contributed by atoms with E-state index in [0.717, 1.165) is 39.0 Å². The van der Waals surface area contributed by atoms with Crippen molar-refractivity contribution in [2.24, 2.45) is 10.8 Å². The number of hydrogen-bond donors (Lipinski definition) is 1. The highest BCUT2D eigenvalue weighted by molar-refractivity contribution is 5.84. The van der Waals surface area contributed by atoms with Crippen molar-refractivity contribution < 1.29 is 9.53 Å². The molecule has 17 heavy (non-hydrogen) atoms. The van der Waals surface area contributed by atoms with Gasteiger partial charge in [0.15, 0.2) is 0 Å². The highest BCUT2D eigenvalue weighted by Gasteiger charge is 2.46. The zero-order chi connectivity index (χ0) is 12.5. The number of methoxy groups -OCH3 is 1. The lowest BCUT2D eigenvalue weighted by molar-refractivity contribution is -0.143. The van der Waals surface area contributed by atoms with E-state index < -0.39 is 0 Å². The summed E-state index contributed by atoms with van der Waals surface area (Å²) in [6, 6.07) is 0. The van der Waals surface area contributed by atoms with Crippen molar-refractivity contribution in [3.05, 3.63) is 0 Å². The van der Waals surface area contributed by atoms with E-state index in [0.29, 0.717) is 6.61 Å². The Labute approximate surface area is 104 Å². The minimum atomic E-state index is -0.310. The molecule has 0 aliphatic carbocycles.